The fourth-order valence-corrected chi connectivity index (χ4v) is 4.34. The van der Waals surface area contributed by atoms with Crippen LogP contribution >= 0.6 is 11.3 Å². The molecule has 0 bridgehead atoms. The van der Waals surface area contributed by atoms with Gasteiger partial charge in [0.05, 0.1) is 11.4 Å². The van der Waals surface area contributed by atoms with Crippen LogP contribution in [0.5, 0.6) is 0 Å². The molecule has 0 spiro atoms. The first-order chi connectivity index (χ1) is 15.7. The van der Waals surface area contributed by atoms with Gasteiger partial charge in [-0.1, -0.05) is 42.5 Å². The number of hydrogen-bond acceptors (Lipinski definition) is 5. The molecule has 6 heteroatoms. The summed E-state index contributed by atoms with van der Waals surface area (Å²) in [6, 6.07) is 28.3. The Bertz CT molecular complexity index is 1330. The van der Waals surface area contributed by atoms with Crippen molar-refractivity contribution in [2.75, 3.05) is 5.32 Å². The van der Waals surface area contributed by atoms with Crippen LogP contribution < -0.4 is 5.32 Å². The molecule has 2 aromatic heterocycles. The topological polar surface area (TPSA) is 50.7 Å². The molecule has 0 aliphatic carbocycles. The van der Waals surface area contributed by atoms with Gasteiger partial charge in [-0.3, -0.25) is 0 Å². The van der Waals surface area contributed by atoms with Gasteiger partial charge in [0.1, 0.15) is 10.8 Å². The second-order valence-electron chi connectivity index (χ2n) is 7.30. The van der Waals surface area contributed by atoms with Crippen LogP contribution in [0.2, 0.25) is 0 Å². The molecule has 0 unspecified atom stereocenters. The van der Waals surface area contributed by atoms with Gasteiger partial charge in [0, 0.05) is 27.3 Å². The van der Waals surface area contributed by atoms with Crippen molar-refractivity contribution in [3.05, 3.63) is 102 Å². The van der Waals surface area contributed by atoms with Crippen LogP contribution in [0.15, 0.2) is 91.0 Å². The molecule has 4 nitrogen and oxygen atoms in total. The van der Waals surface area contributed by atoms with Gasteiger partial charge in [-0.05, 0) is 55.5 Å². The van der Waals surface area contributed by atoms with Gasteiger partial charge in [-0.15, -0.1) is 21.5 Å². The Labute approximate surface area is 189 Å². The van der Waals surface area contributed by atoms with E-state index in [9.17, 15) is 4.39 Å². The molecule has 156 valence electrons. The quantitative estimate of drug-likeness (QED) is 0.317. The number of rotatable bonds is 5. The first-order valence-electron chi connectivity index (χ1n) is 10.2. The molecular formula is C26H19FN4S. The molecule has 32 heavy (non-hydrogen) atoms. The van der Waals surface area contributed by atoms with Crippen molar-refractivity contribution < 1.29 is 4.39 Å². The van der Waals surface area contributed by atoms with Crippen molar-refractivity contribution in [2.24, 2.45) is 0 Å². The molecule has 0 aliphatic rings. The van der Waals surface area contributed by atoms with Crippen molar-refractivity contribution >= 4 is 22.8 Å². The van der Waals surface area contributed by atoms with E-state index in [0.29, 0.717) is 11.5 Å². The molecule has 2 heterocycles. The minimum Gasteiger partial charge on any atom is -0.339 e. The Kier molecular flexibility index (Phi) is 5.44. The third kappa shape index (κ3) is 4.26. The second kappa shape index (κ2) is 8.69. The number of hydrogen-bond donors (Lipinski definition) is 1. The summed E-state index contributed by atoms with van der Waals surface area (Å²) in [4.78, 5) is 6.05. The summed E-state index contributed by atoms with van der Waals surface area (Å²) in [5, 5.41) is 12.8. The molecule has 0 amide bonds. The summed E-state index contributed by atoms with van der Waals surface area (Å²) >= 11 is 1.70. The van der Waals surface area contributed by atoms with Gasteiger partial charge >= 0.3 is 0 Å². The lowest BCUT2D eigenvalue weighted by atomic mass is 10.1. The van der Waals surface area contributed by atoms with Crippen LogP contribution in [-0.4, -0.2) is 15.2 Å². The summed E-state index contributed by atoms with van der Waals surface area (Å²) in [6.45, 7) is 2.10. The molecule has 0 saturated heterocycles. The lowest BCUT2D eigenvalue weighted by molar-refractivity contribution is 0.628. The average Bonchev–Trinajstić information content (AvgIpc) is 3.23. The van der Waals surface area contributed by atoms with Crippen LogP contribution in [0.4, 0.5) is 15.9 Å². The molecule has 0 radical (unpaired) electrons. The van der Waals surface area contributed by atoms with E-state index in [1.165, 1.54) is 17.0 Å². The van der Waals surface area contributed by atoms with Gasteiger partial charge in [0.2, 0.25) is 0 Å². The number of halogens is 1. The molecule has 0 fully saturated rings. The number of benzene rings is 3. The summed E-state index contributed by atoms with van der Waals surface area (Å²) < 4.78 is 13.1. The van der Waals surface area contributed by atoms with Crippen LogP contribution in [0.1, 0.15) is 4.88 Å². The van der Waals surface area contributed by atoms with Gasteiger partial charge in [0.25, 0.3) is 0 Å². The molecule has 0 atom stereocenters. The van der Waals surface area contributed by atoms with Crippen LogP contribution in [0.3, 0.4) is 0 Å². The number of aromatic nitrogens is 3. The third-order valence-corrected chi connectivity index (χ3v) is 6.07. The van der Waals surface area contributed by atoms with E-state index in [0.717, 1.165) is 33.1 Å². The highest BCUT2D eigenvalue weighted by Gasteiger charge is 2.11. The largest absolute Gasteiger partial charge is 0.339 e. The Morgan fingerprint density at radius 3 is 2.12 bits per heavy atom. The van der Waals surface area contributed by atoms with E-state index < -0.39 is 0 Å². The zero-order chi connectivity index (χ0) is 21.9. The fourth-order valence-electron chi connectivity index (χ4n) is 3.40. The smallest absolute Gasteiger partial charge is 0.153 e. The predicted molar refractivity (Wildman–Crippen MR) is 128 cm³/mol. The van der Waals surface area contributed by atoms with Crippen LogP contribution in [0.25, 0.3) is 33.1 Å². The zero-order valence-electron chi connectivity index (χ0n) is 17.3. The first kappa shape index (κ1) is 20.0. The molecular weight excluding hydrogens is 419 g/mol. The lowest BCUT2D eigenvalue weighted by Gasteiger charge is -2.07. The first-order valence-corrected chi connectivity index (χ1v) is 11.0. The highest BCUT2D eigenvalue weighted by atomic mass is 32.1. The van der Waals surface area contributed by atoms with Crippen molar-refractivity contribution in [1.82, 2.24) is 15.2 Å². The van der Waals surface area contributed by atoms with Crippen LogP contribution in [-0.2, 0) is 0 Å². The maximum atomic E-state index is 13.1. The summed E-state index contributed by atoms with van der Waals surface area (Å²) in [6.07, 6.45) is 0. The third-order valence-electron chi connectivity index (χ3n) is 5.05. The van der Waals surface area contributed by atoms with Gasteiger partial charge in [-0.25, -0.2) is 9.37 Å². The molecule has 5 rings (SSSR count). The number of nitrogens with one attached hydrogen (secondary N) is 1. The Morgan fingerprint density at radius 2 is 1.44 bits per heavy atom. The van der Waals surface area contributed by atoms with E-state index in [2.05, 4.69) is 46.7 Å². The lowest BCUT2D eigenvalue weighted by Crippen LogP contribution is -1.96. The minimum atomic E-state index is -0.271. The Morgan fingerprint density at radius 1 is 0.719 bits per heavy atom. The maximum Gasteiger partial charge on any atom is 0.153 e. The highest BCUT2D eigenvalue weighted by molar-refractivity contribution is 7.15. The number of nitrogens with zero attached hydrogens (tertiary/aromatic N) is 3. The molecule has 1 N–H and O–H groups in total. The van der Waals surface area contributed by atoms with Gasteiger partial charge in [0.15, 0.2) is 5.82 Å². The standard InChI is InChI=1S/C26H19FN4S/c1-17-25(29-26(32-17)20-5-3-2-4-6-20)19-9-13-22(14-10-19)28-24-16-15-23(30-31-24)18-7-11-21(27)12-8-18/h2-16H,1H3,(H,28,31). The SMILES string of the molecule is Cc1sc(-c2ccccc2)nc1-c1ccc(Nc2ccc(-c3ccc(F)cc3)nn2)cc1. The molecule has 0 saturated carbocycles. The predicted octanol–water partition coefficient (Wildman–Crippen LogP) is 7.13. The normalized spacial score (nSPS) is 10.8. The summed E-state index contributed by atoms with van der Waals surface area (Å²) in [5.41, 5.74) is 5.64. The van der Waals surface area contributed by atoms with Crippen LogP contribution in [0, 0.1) is 12.7 Å². The van der Waals surface area contributed by atoms with Crippen molar-refractivity contribution in [2.45, 2.75) is 6.92 Å². The number of aryl methyl sites for hydroxylation is 1. The average molecular weight is 439 g/mol. The number of thiazole rings is 1. The zero-order valence-corrected chi connectivity index (χ0v) is 18.1. The maximum absolute atomic E-state index is 13.1. The summed E-state index contributed by atoms with van der Waals surface area (Å²) in [5.74, 6) is 0.368. The van der Waals surface area contributed by atoms with E-state index in [1.54, 1.807) is 23.5 Å². The van der Waals surface area contributed by atoms with E-state index >= 15 is 0 Å². The van der Waals surface area contributed by atoms with Crippen molar-refractivity contribution in [3.8, 4) is 33.1 Å². The van der Waals surface area contributed by atoms with Gasteiger partial charge in [-0.2, -0.15) is 0 Å². The Hall–Kier alpha value is -3.90. The molecule has 3 aromatic carbocycles. The van der Waals surface area contributed by atoms with E-state index in [1.807, 2.05) is 42.5 Å². The second-order valence-corrected chi connectivity index (χ2v) is 8.51. The van der Waals surface area contributed by atoms with Gasteiger partial charge < -0.3 is 5.32 Å². The summed E-state index contributed by atoms with van der Waals surface area (Å²) in [7, 11) is 0. The minimum absolute atomic E-state index is 0.271. The monoisotopic (exact) mass is 438 g/mol. The van der Waals surface area contributed by atoms with Crippen molar-refractivity contribution in [3.63, 3.8) is 0 Å². The van der Waals surface area contributed by atoms with E-state index in [-0.39, 0.29) is 5.82 Å². The number of anilines is 2. The fraction of sp³-hybridized carbons (Fsp3) is 0.0385. The highest BCUT2D eigenvalue weighted by Crippen LogP contribution is 2.33. The molecule has 5 aromatic rings. The Balaban J connectivity index is 1.31. The van der Waals surface area contributed by atoms with Crippen molar-refractivity contribution in [1.29, 1.82) is 0 Å². The van der Waals surface area contributed by atoms with E-state index in [4.69, 9.17) is 4.98 Å². The molecule has 0 aliphatic heterocycles.